The van der Waals surface area contributed by atoms with Crippen LogP contribution in [0.3, 0.4) is 0 Å². The van der Waals surface area contributed by atoms with Gasteiger partial charge in [-0.2, -0.15) is 5.10 Å². The fraction of sp³-hybridized carbons (Fsp3) is 0.286. The highest BCUT2D eigenvalue weighted by atomic mass is 19.4. The first-order valence-corrected chi connectivity index (χ1v) is 7.04. The maximum absolute atomic E-state index is 12.2. The van der Waals surface area contributed by atoms with E-state index in [0.717, 1.165) is 5.56 Å². The molecule has 2 aromatic rings. The molecule has 1 unspecified atom stereocenters. The molecular weight excluding hydrogens is 327 g/mol. The topological polar surface area (TPSA) is 83.7 Å². The first-order valence-electron chi connectivity index (χ1n) is 7.04. The number of nitrogens with zero attached hydrogens (tertiary/aromatic N) is 3. The Morgan fingerprint density at radius 3 is 2.71 bits per heavy atom. The van der Waals surface area contributed by atoms with Gasteiger partial charge in [-0.25, -0.2) is 4.99 Å². The lowest BCUT2D eigenvalue weighted by molar-refractivity contribution is -0.274. The van der Waals surface area contributed by atoms with Crippen LogP contribution in [0.2, 0.25) is 0 Å². The highest BCUT2D eigenvalue weighted by Gasteiger charge is 2.31. The number of hydrogen-bond acceptors (Lipinski definition) is 6. The zero-order valence-electron chi connectivity index (χ0n) is 12.3. The molecule has 0 aliphatic carbocycles. The van der Waals surface area contributed by atoms with E-state index in [0.29, 0.717) is 18.1 Å². The van der Waals surface area contributed by atoms with Crippen molar-refractivity contribution < 1.29 is 23.0 Å². The second-order valence-electron chi connectivity index (χ2n) is 4.97. The van der Waals surface area contributed by atoms with Crippen LogP contribution in [-0.4, -0.2) is 34.2 Å². The Morgan fingerprint density at radius 2 is 2.04 bits per heavy atom. The third kappa shape index (κ3) is 3.77. The van der Waals surface area contributed by atoms with Gasteiger partial charge in [0.15, 0.2) is 5.82 Å². The summed E-state index contributed by atoms with van der Waals surface area (Å²) in [6, 6.07) is 5.41. The zero-order chi connectivity index (χ0) is 17.2. The molecular formula is C14H14F3N5O2. The fourth-order valence-corrected chi connectivity index (χ4v) is 2.25. The standard InChI is InChI=1S/C14H14F3N5O2/c15-14(16,17)24-10-3-1-9(2-4-10)20-12-11-7-22(5-6-23)21-13(11)19-8-18-12/h1-4,7-8,12,20,23H,5-6H2,(H,18,19,21). The van der Waals surface area contributed by atoms with Crippen molar-refractivity contribution in [2.24, 2.45) is 4.99 Å². The average molecular weight is 341 g/mol. The molecule has 0 radical (unpaired) electrons. The Morgan fingerprint density at radius 1 is 1.29 bits per heavy atom. The summed E-state index contributed by atoms with van der Waals surface area (Å²) in [5, 5.41) is 19.3. The van der Waals surface area contributed by atoms with Gasteiger partial charge < -0.3 is 20.5 Å². The van der Waals surface area contributed by atoms with Crippen LogP contribution in [0.4, 0.5) is 24.7 Å². The van der Waals surface area contributed by atoms with E-state index in [1.165, 1.54) is 30.6 Å². The number of alkyl halides is 3. The molecule has 1 atom stereocenters. The van der Waals surface area contributed by atoms with E-state index >= 15 is 0 Å². The number of benzene rings is 1. The zero-order valence-corrected chi connectivity index (χ0v) is 12.3. The van der Waals surface area contributed by atoms with E-state index in [9.17, 15) is 13.2 Å². The van der Waals surface area contributed by atoms with Crippen LogP contribution in [0.5, 0.6) is 5.75 Å². The average Bonchev–Trinajstić information content (AvgIpc) is 2.92. The fourth-order valence-electron chi connectivity index (χ4n) is 2.25. The highest BCUT2D eigenvalue weighted by molar-refractivity contribution is 5.67. The number of hydrogen-bond donors (Lipinski definition) is 3. The van der Waals surface area contributed by atoms with Crippen molar-refractivity contribution in [2.75, 3.05) is 11.9 Å². The van der Waals surface area contributed by atoms with Crippen molar-refractivity contribution in [3.8, 4) is 5.75 Å². The van der Waals surface area contributed by atoms with Gasteiger partial charge in [0.2, 0.25) is 0 Å². The van der Waals surface area contributed by atoms with Crippen LogP contribution in [-0.2, 0) is 6.54 Å². The molecule has 0 fully saturated rings. The summed E-state index contributed by atoms with van der Waals surface area (Å²) in [5.41, 5.74) is 1.36. The Bertz CT molecular complexity index is 727. The van der Waals surface area contributed by atoms with Crippen molar-refractivity contribution in [2.45, 2.75) is 19.1 Å². The number of aromatic nitrogens is 2. The van der Waals surface area contributed by atoms with Gasteiger partial charge in [0.1, 0.15) is 11.9 Å². The molecule has 7 nitrogen and oxygen atoms in total. The molecule has 2 heterocycles. The van der Waals surface area contributed by atoms with E-state index < -0.39 is 6.36 Å². The van der Waals surface area contributed by atoms with Crippen LogP contribution in [0, 0.1) is 0 Å². The number of aliphatic imine (C=N–C) groups is 1. The summed E-state index contributed by atoms with van der Waals surface area (Å²) >= 11 is 0. The minimum Gasteiger partial charge on any atom is -0.406 e. The van der Waals surface area contributed by atoms with Crippen LogP contribution in [0.15, 0.2) is 35.5 Å². The van der Waals surface area contributed by atoms with Crippen LogP contribution in [0.25, 0.3) is 0 Å². The molecule has 0 saturated carbocycles. The van der Waals surface area contributed by atoms with Gasteiger partial charge in [0, 0.05) is 11.9 Å². The van der Waals surface area contributed by atoms with Crippen molar-refractivity contribution in [3.05, 3.63) is 36.0 Å². The Labute approximate surface area is 134 Å². The van der Waals surface area contributed by atoms with E-state index in [1.54, 1.807) is 10.9 Å². The lowest BCUT2D eigenvalue weighted by Gasteiger charge is -2.22. The number of aliphatic hydroxyl groups is 1. The summed E-state index contributed by atoms with van der Waals surface area (Å²) in [4.78, 5) is 4.11. The van der Waals surface area contributed by atoms with Gasteiger partial charge >= 0.3 is 6.36 Å². The quantitative estimate of drug-likeness (QED) is 0.776. The highest BCUT2D eigenvalue weighted by Crippen LogP contribution is 2.29. The van der Waals surface area contributed by atoms with Gasteiger partial charge in [0.05, 0.1) is 25.1 Å². The molecule has 0 saturated heterocycles. The van der Waals surface area contributed by atoms with Crippen LogP contribution in [0.1, 0.15) is 11.7 Å². The number of rotatable bonds is 5. The molecule has 1 aliphatic heterocycles. The van der Waals surface area contributed by atoms with Crippen LogP contribution >= 0.6 is 0 Å². The van der Waals surface area contributed by atoms with E-state index in [2.05, 4.69) is 25.5 Å². The molecule has 1 aromatic heterocycles. The largest absolute Gasteiger partial charge is 0.573 e. The van der Waals surface area contributed by atoms with Gasteiger partial charge in [-0.05, 0) is 24.3 Å². The SMILES string of the molecule is OCCn1cc2c(n1)N=CNC2Nc1ccc(OC(F)(F)F)cc1. The number of nitrogens with one attached hydrogen (secondary N) is 2. The molecule has 3 rings (SSSR count). The molecule has 0 amide bonds. The molecule has 128 valence electrons. The summed E-state index contributed by atoms with van der Waals surface area (Å²) in [6.45, 7) is 0.301. The molecule has 0 bridgehead atoms. The number of ether oxygens (including phenoxy) is 1. The summed E-state index contributed by atoms with van der Waals surface area (Å²) in [7, 11) is 0. The third-order valence-corrected chi connectivity index (χ3v) is 3.24. The van der Waals surface area contributed by atoms with E-state index in [1.807, 2.05) is 0 Å². The molecule has 24 heavy (non-hydrogen) atoms. The Hall–Kier alpha value is -2.75. The maximum atomic E-state index is 12.2. The molecule has 10 heteroatoms. The van der Waals surface area contributed by atoms with Crippen molar-refractivity contribution in [3.63, 3.8) is 0 Å². The van der Waals surface area contributed by atoms with E-state index in [4.69, 9.17) is 5.11 Å². The Balaban J connectivity index is 1.72. The lowest BCUT2D eigenvalue weighted by atomic mass is 10.2. The molecule has 1 aliphatic rings. The molecule has 3 N–H and O–H groups in total. The second kappa shape index (κ2) is 6.40. The second-order valence-corrected chi connectivity index (χ2v) is 4.97. The van der Waals surface area contributed by atoms with Crippen molar-refractivity contribution >= 4 is 17.8 Å². The number of aliphatic hydroxyl groups excluding tert-OH is 1. The summed E-state index contributed by atoms with van der Waals surface area (Å²) in [6.07, 6.45) is -1.84. The predicted molar refractivity (Wildman–Crippen MR) is 80.1 cm³/mol. The minimum atomic E-state index is -4.72. The molecule has 1 aromatic carbocycles. The predicted octanol–water partition coefficient (Wildman–Crippen LogP) is 2.15. The van der Waals surface area contributed by atoms with Gasteiger partial charge in [-0.1, -0.05) is 0 Å². The van der Waals surface area contributed by atoms with E-state index in [-0.39, 0.29) is 18.5 Å². The number of halogens is 3. The minimum absolute atomic E-state index is 0.0452. The van der Waals surface area contributed by atoms with Gasteiger partial charge in [0.25, 0.3) is 0 Å². The summed E-state index contributed by atoms with van der Waals surface area (Å²) in [5.74, 6) is 0.222. The molecule has 0 spiro atoms. The number of fused-ring (bicyclic) bond motifs is 1. The van der Waals surface area contributed by atoms with Gasteiger partial charge in [-0.3, -0.25) is 4.68 Å². The smallest absolute Gasteiger partial charge is 0.406 e. The van der Waals surface area contributed by atoms with Crippen LogP contribution < -0.4 is 15.4 Å². The lowest BCUT2D eigenvalue weighted by Crippen LogP contribution is -2.28. The first-order chi connectivity index (χ1) is 11.4. The van der Waals surface area contributed by atoms with Crippen molar-refractivity contribution in [1.29, 1.82) is 0 Å². The first kappa shape index (κ1) is 16.1. The Kier molecular flexibility index (Phi) is 4.30. The summed E-state index contributed by atoms with van der Waals surface area (Å²) < 4.78 is 41.9. The monoisotopic (exact) mass is 341 g/mol. The normalized spacial score (nSPS) is 16.4. The van der Waals surface area contributed by atoms with Gasteiger partial charge in [-0.15, -0.1) is 13.2 Å². The maximum Gasteiger partial charge on any atom is 0.573 e. The van der Waals surface area contributed by atoms with Crippen molar-refractivity contribution in [1.82, 2.24) is 15.1 Å². The number of anilines is 1. The third-order valence-electron chi connectivity index (χ3n) is 3.24.